The van der Waals surface area contributed by atoms with Crippen LogP contribution in [0.4, 0.5) is 5.69 Å². The van der Waals surface area contributed by atoms with E-state index < -0.39 is 0 Å². The summed E-state index contributed by atoms with van der Waals surface area (Å²) in [5, 5.41) is 2.88. The van der Waals surface area contributed by atoms with Crippen LogP contribution in [0.3, 0.4) is 0 Å². The molecule has 0 saturated carbocycles. The zero-order valence-electron chi connectivity index (χ0n) is 13.1. The highest BCUT2D eigenvalue weighted by Gasteiger charge is 2.12. The molecule has 0 atom stereocenters. The topological polar surface area (TPSA) is 56.8 Å². The van der Waals surface area contributed by atoms with Gasteiger partial charge in [0.1, 0.15) is 5.75 Å². The summed E-state index contributed by atoms with van der Waals surface area (Å²) in [5.41, 5.74) is 2.15. The van der Waals surface area contributed by atoms with Gasteiger partial charge in [-0.15, -0.1) is 0 Å². The van der Waals surface area contributed by atoms with E-state index in [9.17, 15) is 4.79 Å². The molecule has 0 aliphatic heterocycles. The van der Waals surface area contributed by atoms with Crippen LogP contribution in [-0.2, 0) is 0 Å². The van der Waals surface area contributed by atoms with Crippen LogP contribution in [0.25, 0.3) is 0 Å². The lowest BCUT2D eigenvalue weighted by atomic mass is 10.1. The van der Waals surface area contributed by atoms with Gasteiger partial charge in [-0.1, -0.05) is 0 Å². The molecule has 0 radical (unpaired) electrons. The smallest absolute Gasteiger partial charge is 0.255 e. The van der Waals surface area contributed by atoms with E-state index in [0.29, 0.717) is 17.1 Å². The van der Waals surface area contributed by atoms with Gasteiger partial charge in [0.25, 0.3) is 5.91 Å². The Labute approximate surface area is 129 Å². The van der Waals surface area contributed by atoms with Crippen LogP contribution >= 0.6 is 0 Å². The maximum absolute atomic E-state index is 12.3. The number of hydrogen-bond donors (Lipinski definition) is 1. The molecule has 22 heavy (non-hydrogen) atoms. The molecule has 2 aromatic carbocycles. The van der Waals surface area contributed by atoms with Crippen molar-refractivity contribution in [1.29, 1.82) is 0 Å². The third kappa shape index (κ3) is 3.31. The first kappa shape index (κ1) is 15.7. The predicted octanol–water partition coefficient (Wildman–Crippen LogP) is 3.27. The quantitative estimate of drug-likeness (QED) is 0.921. The van der Waals surface area contributed by atoms with E-state index in [0.717, 1.165) is 17.0 Å². The first-order valence-electron chi connectivity index (χ1n) is 6.77. The molecule has 1 amide bonds. The highest BCUT2D eigenvalue weighted by atomic mass is 16.5. The fourth-order valence-electron chi connectivity index (χ4n) is 2.08. The lowest BCUT2D eigenvalue weighted by Gasteiger charge is -2.12. The molecule has 0 aliphatic carbocycles. The number of carbonyl (C=O) groups is 1. The standard InChI is InChI=1S/C17H19NO4/c1-11-9-13(20-2)6-7-14(11)18-17(19)12-5-8-15(21-3)16(10-12)22-4/h5-10H,1-4H3,(H,18,19). The third-order valence-electron chi connectivity index (χ3n) is 3.33. The molecule has 0 saturated heterocycles. The van der Waals surface area contributed by atoms with Gasteiger partial charge in [-0.3, -0.25) is 4.79 Å². The molecule has 2 rings (SSSR count). The summed E-state index contributed by atoms with van der Waals surface area (Å²) in [6, 6.07) is 10.5. The van der Waals surface area contributed by atoms with E-state index in [-0.39, 0.29) is 5.91 Å². The lowest BCUT2D eigenvalue weighted by molar-refractivity contribution is 0.102. The molecular formula is C17H19NO4. The van der Waals surface area contributed by atoms with Crippen LogP contribution in [0, 0.1) is 6.92 Å². The number of aryl methyl sites for hydroxylation is 1. The molecule has 0 aromatic heterocycles. The predicted molar refractivity (Wildman–Crippen MR) is 85.2 cm³/mol. The van der Waals surface area contributed by atoms with Crippen LogP contribution in [-0.4, -0.2) is 27.2 Å². The maximum atomic E-state index is 12.3. The number of benzene rings is 2. The minimum Gasteiger partial charge on any atom is -0.497 e. The van der Waals surface area contributed by atoms with Crippen LogP contribution in [0.1, 0.15) is 15.9 Å². The minimum absolute atomic E-state index is 0.214. The Balaban J connectivity index is 2.22. The molecule has 5 nitrogen and oxygen atoms in total. The molecular weight excluding hydrogens is 282 g/mol. The Hall–Kier alpha value is -2.69. The van der Waals surface area contributed by atoms with Crippen molar-refractivity contribution in [2.24, 2.45) is 0 Å². The SMILES string of the molecule is COc1ccc(NC(=O)c2ccc(OC)c(OC)c2)c(C)c1. The van der Waals surface area contributed by atoms with Crippen molar-refractivity contribution in [3.05, 3.63) is 47.5 Å². The summed E-state index contributed by atoms with van der Waals surface area (Å²) in [6.07, 6.45) is 0. The van der Waals surface area contributed by atoms with Crippen LogP contribution in [0.5, 0.6) is 17.2 Å². The third-order valence-corrected chi connectivity index (χ3v) is 3.33. The highest BCUT2D eigenvalue weighted by molar-refractivity contribution is 6.05. The molecule has 0 spiro atoms. The van der Waals surface area contributed by atoms with Gasteiger partial charge >= 0.3 is 0 Å². The molecule has 0 unspecified atom stereocenters. The Morgan fingerprint density at radius 1 is 0.909 bits per heavy atom. The molecule has 0 fully saturated rings. The van der Waals surface area contributed by atoms with Gasteiger partial charge in [-0.05, 0) is 48.9 Å². The van der Waals surface area contributed by atoms with Crippen molar-refractivity contribution >= 4 is 11.6 Å². The summed E-state index contributed by atoms with van der Waals surface area (Å²) >= 11 is 0. The first-order chi connectivity index (χ1) is 10.6. The average Bonchev–Trinajstić information content (AvgIpc) is 2.55. The molecule has 0 heterocycles. The van der Waals surface area contributed by atoms with Crippen molar-refractivity contribution in [3.8, 4) is 17.2 Å². The lowest BCUT2D eigenvalue weighted by Crippen LogP contribution is -2.13. The van der Waals surface area contributed by atoms with Crippen molar-refractivity contribution in [2.75, 3.05) is 26.6 Å². The highest BCUT2D eigenvalue weighted by Crippen LogP contribution is 2.28. The number of methoxy groups -OCH3 is 3. The Morgan fingerprint density at radius 2 is 1.64 bits per heavy atom. The largest absolute Gasteiger partial charge is 0.497 e. The Kier molecular flexibility index (Phi) is 4.88. The summed E-state index contributed by atoms with van der Waals surface area (Å²) in [7, 11) is 4.70. The van der Waals surface area contributed by atoms with E-state index in [4.69, 9.17) is 14.2 Å². The van der Waals surface area contributed by atoms with E-state index >= 15 is 0 Å². The summed E-state index contributed by atoms with van der Waals surface area (Å²) in [6.45, 7) is 1.91. The van der Waals surface area contributed by atoms with Crippen LogP contribution in [0.2, 0.25) is 0 Å². The van der Waals surface area contributed by atoms with Gasteiger partial charge in [0.2, 0.25) is 0 Å². The molecule has 0 bridgehead atoms. The van der Waals surface area contributed by atoms with Crippen LogP contribution < -0.4 is 19.5 Å². The first-order valence-corrected chi connectivity index (χ1v) is 6.77. The fourth-order valence-corrected chi connectivity index (χ4v) is 2.08. The number of amides is 1. The van der Waals surface area contributed by atoms with Crippen LogP contribution in [0.15, 0.2) is 36.4 Å². The number of carbonyl (C=O) groups excluding carboxylic acids is 1. The van der Waals surface area contributed by atoms with Gasteiger partial charge in [0.05, 0.1) is 21.3 Å². The van der Waals surface area contributed by atoms with E-state index in [1.807, 2.05) is 19.1 Å². The fraction of sp³-hybridized carbons (Fsp3) is 0.235. The monoisotopic (exact) mass is 301 g/mol. The second-order valence-corrected chi connectivity index (χ2v) is 4.70. The van der Waals surface area contributed by atoms with Gasteiger partial charge in [0, 0.05) is 11.3 Å². The summed E-state index contributed by atoms with van der Waals surface area (Å²) < 4.78 is 15.5. The minimum atomic E-state index is -0.214. The summed E-state index contributed by atoms with van der Waals surface area (Å²) in [4.78, 5) is 12.3. The van der Waals surface area contributed by atoms with Crippen molar-refractivity contribution < 1.29 is 19.0 Å². The Morgan fingerprint density at radius 3 is 2.23 bits per heavy atom. The molecule has 0 aliphatic rings. The van der Waals surface area contributed by atoms with Gasteiger partial charge in [-0.25, -0.2) is 0 Å². The average molecular weight is 301 g/mol. The van der Waals surface area contributed by atoms with E-state index in [1.54, 1.807) is 38.5 Å². The van der Waals surface area contributed by atoms with E-state index in [1.165, 1.54) is 7.11 Å². The van der Waals surface area contributed by atoms with Gasteiger partial charge in [-0.2, -0.15) is 0 Å². The molecule has 5 heteroatoms. The Bertz CT molecular complexity index is 682. The van der Waals surface area contributed by atoms with Gasteiger partial charge in [0.15, 0.2) is 11.5 Å². The van der Waals surface area contributed by atoms with Crippen molar-refractivity contribution in [3.63, 3.8) is 0 Å². The van der Waals surface area contributed by atoms with Crippen molar-refractivity contribution in [1.82, 2.24) is 0 Å². The number of anilines is 1. The number of ether oxygens (including phenoxy) is 3. The normalized spacial score (nSPS) is 10.0. The van der Waals surface area contributed by atoms with Crippen molar-refractivity contribution in [2.45, 2.75) is 6.92 Å². The molecule has 2 aromatic rings. The van der Waals surface area contributed by atoms with Gasteiger partial charge < -0.3 is 19.5 Å². The zero-order chi connectivity index (χ0) is 16.1. The second kappa shape index (κ2) is 6.85. The number of hydrogen-bond acceptors (Lipinski definition) is 4. The zero-order valence-corrected chi connectivity index (χ0v) is 13.1. The second-order valence-electron chi connectivity index (χ2n) is 4.70. The molecule has 116 valence electrons. The molecule has 1 N–H and O–H groups in total. The summed E-state index contributed by atoms with van der Waals surface area (Å²) in [5.74, 6) is 1.64. The number of rotatable bonds is 5. The van der Waals surface area contributed by atoms with E-state index in [2.05, 4.69) is 5.32 Å². The number of nitrogens with one attached hydrogen (secondary N) is 1. The maximum Gasteiger partial charge on any atom is 0.255 e.